The van der Waals surface area contributed by atoms with Crippen LogP contribution in [0.3, 0.4) is 0 Å². The quantitative estimate of drug-likeness (QED) is 0.733. The van der Waals surface area contributed by atoms with Crippen LogP contribution in [0.1, 0.15) is 11.9 Å². The van der Waals surface area contributed by atoms with Gasteiger partial charge < -0.3 is 14.6 Å². The van der Waals surface area contributed by atoms with Gasteiger partial charge in [0.2, 0.25) is 0 Å². The molecule has 0 spiro atoms. The summed E-state index contributed by atoms with van der Waals surface area (Å²) in [5.41, 5.74) is 1.15. The number of aromatic nitrogens is 2. The van der Waals surface area contributed by atoms with E-state index in [2.05, 4.69) is 39.5 Å². The van der Waals surface area contributed by atoms with Gasteiger partial charge in [0.25, 0.3) is 5.89 Å². The van der Waals surface area contributed by atoms with E-state index in [0.717, 1.165) is 40.7 Å². The topological polar surface area (TPSA) is 63.4 Å². The molecule has 0 bridgehead atoms. The van der Waals surface area contributed by atoms with Crippen LogP contribution >= 0.6 is 23.7 Å². The molecular formula is C18H21ClN4O2S. The number of rotatable bonds is 4. The van der Waals surface area contributed by atoms with E-state index in [4.69, 9.17) is 9.26 Å². The summed E-state index contributed by atoms with van der Waals surface area (Å²) in [4.78, 5) is 8.87. The SMILES string of the molecule is COc1cc(-c2ccccc2)sc1-c1nc(C2CNCCN2C)no1.Cl. The molecule has 3 aromatic rings. The molecule has 6 nitrogen and oxygen atoms in total. The van der Waals surface area contributed by atoms with Crippen LogP contribution in [0.4, 0.5) is 0 Å². The maximum atomic E-state index is 5.56. The van der Waals surface area contributed by atoms with Gasteiger partial charge in [-0.3, -0.25) is 4.90 Å². The zero-order valence-corrected chi connectivity index (χ0v) is 16.3. The molecule has 1 unspecified atom stereocenters. The normalized spacial score (nSPS) is 17.7. The monoisotopic (exact) mass is 392 g/mol. The van der Waals surface area contributed by atoms with E-state index < -0.39 is 0 Å². The standard InChI is InChI=1S/C18H20N4O2S.ClH/c1-22-9-8-19-11-13(22)17-20-18(24-21-17)16-14(23-2)10-15(25-16)12-6-4-3-5-7-12;/h3-7,10,13,19H,8-9,11H2,1-2H3;1H. The first-order valence-corrected chi connectivity index (χ1v) is 9.06. The summed E-state index contributed by atoms with van der Waals surface area (Å²) < 4.78 is 11.1. The molecule has 3 heterocycles. The highest BCUT2D eigenvalue weighted by atomic mass is 35.5. The minimum atomic E-state index is 0. The van der Waals surface area contributed by atoms with Gasteiger partial charge >= 0.3 is 0 Å². The molecular weight excluding hydrogens is 372 g/mol. The summed E-state index contributed by atoms with van der Waals surface area (Å²) in [7, 11) is 3.75. The smallest absolute Gasteiger partial charge is 0.271 e. The number of likely N-dealkylation sites (N-methyl/N-ethyl adjacent to an activating group) is 1. The van der Waals surface area contributed by atoms with Gasteiger partial charge in [0.1, 0.15) is 10.6 Å². The second kappa shape index (κ2) is 8.18. The number of benzene rings is 1. The number of nitrogens with zero attached hydrogens (tertiary/aromatic N) is 3. The number of piperazine rings is 1. The Morgan fingerprint density at radius 1 is 1.31 bits per heavy atom. The molecule has 1 aliphatic heterocycles. The molecule has 1 fully saturated rings. The predicted molar refractivity (Wildman–Crippen MR) is 105 cm³/mol. The summed E-state index contributed by atoms with van der Waals surface area (Å²) >= 11 is 1.60. The van der Waals surface area contributed by atoms with Gasteiger partial charge in [-0.05, 0) is 18.7 Å². The van der Waals surface area contributed by atoms with Crippen molar-refractivity contribution in [1.29, 1.82) is 0 Å². The van der Waals surface area contributed by atoms with E-state index >= 15 is 0 Å². The Hall–Kier alpha value is -1.93. The van der Waals surface area contributed by atoms with Gasteiger partial charge in [-0.1, -0.05) is 35.5 Å². The third-order valence-corrected chi connectivity index (χ3v) is 5.57. The molecule has 1 N–H and O–H groups in total. The van der Waals surface area contributed by atoms with Crippen LogP contribution in [-0.4, -0.2) is 48.8 Å². The Morgan fingerprint density at radius 2 is 2.12 bits per heavy atom. The fourth-order valence-electron chi connectivity index (χ4n) is 2.98. The lowest BCUT2D eigenvalue weighted by Gasteiger charge is -2.30. The maximum absolute atomic E-state index is 5.56. The third kappa shape index (κ3) is 3.61. The number of nitrogens with one attached hydrogen (secondary N) is 1. The summed E-state index contributed by atoms with van der Waals surface area (Å²) in [6, 6.07) is 12.4. The Labute approximate surface area is 162 Å². The molecule has 138 valence electrons. The molecule has 1 aromatic carbocycles. The zero-order chi connectivity index (χ0) is 17.2. The Bertz CT molecular complexity index is 852. The van der Waals surface area contributed by atoms with Gasteiger partial charge in [0, 0.05) is 24.5 Å². The van der Waals surface area contributed by atoms with E-state index in [0.29, 0.717) is 11.7 Å². The maximum Gasteiger partial charge on any atom is 0.271 e. The van der Waals surface area contributed by atoms with Crippen LogP contribution in [0.5, 0.6) is 5.75 Å². The summed E-state index contributed by atoms with van der Waals surface area (Å²) in [6.45, 7) is 2.78. The lowest BCUT2D eigenvalue weighted by Crippen LogP contribution is -2.44. The van der Waals surface area contributed by atoms with Gasteiger partial charge in [-0.15, -0.1) is 23.7 Å². The zero-order valence-electron chi connectivity index (χ0n) is 14.6. The van der Waals surface area contributed by atoms with Crippen molar-refractivity contribution in [2.45, 2.75) is 6.04 Å². The van der Waals surface area contributed by atoms with Crippen LogP contribution in [0.25, 0.3) is 21.2 Å². The first-order chi connectivity index (χ1) is 12.3. The fourth-order valence-corrected chi connectivity index (χ4v) is 4.03. The van der Waals surface area contributed by atoms with Crippen LogP contribution in [-0.2, 0) is 0 Å². The minimum Gasteiger partial charge on any atom is -0.495 e. The molecule has 1 aliphatic rings. The third-order valence-electron chi connectivity index (χ3n) is 4.42. The average molecular weight is 393 g/mol. The molecule has 8 heteroatoms. The number of thiophene rings is 1. The van der Waals surface area contributed by atoms with Crippen LogP contribution in [0.2, 0.25) is 0 Å². The van der Waals surface area contributed by atoms with Gasteiger partial charge in [-0.25, -0.2) is 0 Å². The number of methoxy groups -OCH3 is 1. The van der Waals surface area contributed by atoms with E-state index in [9.17, 15) is 0 Å². The number of hydrogen-bond acceptors (Lipinski definition) is 7. The molecule has 26 heavy (non-hydrogen) atoms. The Balaban J connectivity index is 0.00000196. The second-order valence-electron chi connectivity index (χ2n) is 6.03. The average Bonchev–Trinajstić information content (AvgIpc) is 3.29. The highest BCUT2D eigenvalue weighted by Gasteiger charge is 2.27. The van der Waals surface area contributed by atoms with E-state index in [1.54, 1.807) is 18.4 Å². The van der Waals surface area contributed by atoms with Crippen molar-refractivity contribution in [3.63, 3.8) is 0 Å². The molecule has 4 rings (SSSR count). The Morgan fingerprint density at radius 3 is 2.85 bits per heavy atom. The first kappa shape index (κ1) is 18.8. The molecule has 0 radical (unpaired) electrons. The van der Waals surface area contributed by atoms with Crippen molar-refractivity contribution in [3.8, 4) is 27.0 Å². The van der Waals surface area contributed by atoms with Crippen molar-refractivity contribution >= 4 is 23.7 Å². The summed E-state index contributed by atoms with van der Waals surface area (Å²) in [5.74, 6) is 1.98. The fraction of sp³-hybridized carbons (Fsp3) is 0.333. The van der Waals surface area contributed by atoms with Gasteiger partial charge in [-0.2, -0.15) is 4.98 Å². The largest absolute Gasteiger partial charge is 0.495 e. The van der Waals surface area contributed by atoms with Crippen LogP contribution in [0.15, 0.2) is 40.9 Å². The molecule has 1 atom stereocenters. The Kier molecular flexibility index (Phi) is 5.93. The van der Waals surface area contributed by atoms with E-state index in [1.807, 2.05) is 24.3 Å². The van der Waals surface area contributed by atoms with Gasteiger partial charge in [0.05, 0.1) is 13.2 Å². The van der Waals surface area contributed by atoms with Gasteiger partial charge in [0.15, 0.2) is 5.82 Å². The summed E-state index contributed by atoms with van der Waals surface area (Å²) in [5, 5.41) is 7.58. The lowest BCUT2D eigenvalue weighted by atomic mass is 10.2. The van der Waals surface area contributed by atoms with Crippen molar-refractivity contribution in [2.24, 2.45) is 0 Å². The molecule has 0 amide bonds. The van der Waals surface area contributed by atoms with Crippen molar-refractivity contribution < 1.29 is 9.26 Å². The van der Waals surface area contributed by atoms with E-state index in [1.165, 1.54) is 0 Å². The molecule has 0 aliphatic carbocycles. The highest BCUT2D eigenvalue weighted by Crippen LogP contribution is 2.42. The minimum absolute atomic E-state index is 0. The first-order valence-electron chi connectivity index (χ1n) is 8.24. The van der Waals surface area contributed by atoms with Crippen LogP contribution in [0, 0.1) is 0 Å². The highest BCUT2D eigenvalue weighted by molar-refractivity contribution is 7.19. The number of ether oxygens (including phenoxy) is 1. The number of hydrogen-bond donors (Lipinski definition) is 1. The predicted octanol–water partition coefficient (Wildman–Crippen LogP) is 3.47. The van der Waals surface area contributed by atoms with Crippen molar-refractivity contribution in [3.05, 3.63) is 42.2 Å². The molecule has 2 aromatic heterocycles. The van der Waals surface area contributed by atoms with E-state index in [-0.39, 0.29) is 18.4 Å². The lowest BCUT2D eigenvalue weighted by molar-refractivity contribution is 0.190. The molecule has 0 saturated carbocycles. The number of halogens is 1. The molecule has 1 saturated heterocycles. The van der Waals surface area contributed by atoms with Crippen molar-refractivity contribution in [2.75, 3.05) is 33.8 Å². The second-order valence-corrected chi connectivity index (χ2v) is 7.08. The van der Waals surface area contributed by atoms with Crippen molar-refractivity contribution in [1.82, 2.24) is 20.4 Å². The summed E-state index contributed by atoms with van der Waals surface area (Å²) in [6.07, 6.45) is 0. The van der Waals surface area contributed by atoms with Crippen LogP contribution < -0.4 is 10.1 Å².